The molecular weight excluding hydrogens is 364 g/mol. The molecule has 1 aliphatic rings. The minimum Gasteiger partial charge on any atom is -0.355 e. The van der Waals surface area contributed by atoms with Crippen LogP contribution >= 0.6 is 11.8 Å². The van der Waals surface area contributed by atoms with E-state index < -0.39 is 0 Å². The lowest BCUT2D eigenvalue weighted by Crippen LogP contribution is -2.39. The van der Waals surface area contributed by atoms with Gasteiger partial charge in [-0.3, -0.25) is 19.1 Å². The average molecular weight is 388 g/mol. The number of amides is 2. The van der Waals surface area contributed by atoms with Crippen LogP contribution in [-0.2, 0) is 9.59 Å². The summed E-state index contributed by atoms with van der Waals surface area (Å²) in [6.07, 6.45) is 6.54. The number of thioether (sulfide) groups is 1. The number of rotatable bonds is 9. The van der Waals surface area contributed by atoms with Crippen LogP contribution < -0.4 is 5.32 Å². The number of pyridine rings is 1. The molecule has 0 atom stereocenters. The summed E-state index contributed by atoms with van der Waals surface area (Å²) >= 11 is 1.36. The highest BCUT2D eigenvalue weighted by atomic mass is 32.2. The van der Waals surface area contributed by atoms with Crippen molar-refractivity contribution in [3.8, 4) is 11.4 Å². The molecule has 0 spiro atoms. The molecule has 2 heterocycles. The number of hydrogen-bond donors (Lipinski definition) is 1. The molecule has 2 aromatic heterocycles. The maximum atomic E-state index is 12.4. The molecular formula is C18H24N6O2S. The number of hydrogen-bond acceptors (Lipinski definition) is 6. The summed E-state index contributed by atoms with van der Waals surface area (Å²) in [5, 5.41) is 12.1. The lowest BCUT2D eigenvalue weighted by molar-refractivity contribution is -0.132. The zero-order valence-electron chi connectivity index (χ0n) is 15.6. The third-order valence-corrected chi connectivity index (χ3v) is 5.13. The smallest absolute Gasteiger partial charge is 0.239 e. The van der Waals surface area contributed by atoms with E-state index in [1.54, 1.807) is 19.4 Å². The summed E-state index contributed by atoms with van der Waals surface area (Å²) in [7, 11) is 1.64. The molecule has 27 heavy (non-hydrogen) atoms. The predicted octanol–water partition coefficient (Wildman–Crippen LogP) is 1.75. The van der Waals surface area contributed by atoms with Gasteiger partial charge in [0.25, 0.3) is 0 Å². The van der Waals surface area contributed by atoms with Crippen molar-refractivity contribution in [3.05, 3.63) is 24.5 Å². The second kappa shape index (κ2) is 8.98. The van der Waals surface area contributed by atoms with Crippen molar-refractivity contribution in [2.24, 2.45) is 0 Å². The number of likely N-dealkylation sites (N-methyl/N-ethyl adjacent to an activating group) is 1. The van der Waals surface area contributed by atoms with Gasteiger partial charge >= 0.3 is 0 Å². The zero-order chi connectivity index (χ0) is 19.2. The summed E-state index contributed by atoms with van der Waals surface area (Å²) in [5.41, 5.74) is 0.916. The summed E-state index contributed by atoms with van der Waals surface area (Å²) < 4.78 is 2.10. The first-order chi connectivity index (χ1) is 13.1. The van der Waals surface area contributed by atoms with Crippen LogP contribution in [0.25, 0.3) is 11.4 Å². The molecule has 0 saturated heterocycles. The Hall–Kier alpha value is -2.42. The van der Waals surface area contributed by atoms with E-state index in [1.807, 2.05) is 19.1 Å². The van der Waals surface area contributed by atoms with E-state index in [-0.39, 0.29) is 24.1 Å². The van der Waals surface area contributed by atoms with Crippen molar-refractivity contribution in [1.82, 2.24) is 30.0 Å². The molecule has 1 saturated carbocycles. The van der Waals surface area contributed by atoms with E-state index in [1.165, 1.54) is 16.7 Å². The number of carbonyl (C=O) groups is 2. The van der Waals surface area contributed by atoms with Crippen LogP contribution in [0.3, 0.4) is 0 Å². The van der Waals surface area contributed by atoms with Crippen molar-refractivity contribution in [3.63, 3.8) is 0 Å². The highest BCUT2D eigenvalue weighted by Gasteiger charge is 2.30. The van der Waals surface area contributed by atoms with Gasteiger partial charge in [0, 0.05) is 37.6 Å². The molecule has 1 fully saturated rings. The summed E-state index contributed by atoms with van der Waals surface area (Å²) in [6, 6.07) is 4.21. The van der Waals surface area contributed by atoms with Gasteiger partial charge in [0.2, 0.25) is 11.8 Å². The molecule has 2 amide bonds. The fourth-order valence-electron chi connectivity index (χ4n) is 2.59. The number of aromatic nitrogens is 4. The predicted molar refractivity (Wildman–Crippen MR) is 103 cm³/mol. The quantitative estimate of drug-likeness (QED) is 0.658. The Morgan fingerprint density at radius 3 is 2.85 bits per heavy atom. The van der Waals surface area contributed by atoms with Crippen LogP contribution in [0, 0.1) is 0 Å². The normalized spacial score (nSPS) is 13.4. The Bertz CT molecular complexity index is 790. The molecule has 9 heteroatoms. The molecule has 8 nitrogen and oxygen atoms in total. The van der Waals surface area contributed by atoms with E-state index >= 15 is 0 Å². The van der Waals surface area contributed by atoms with Gasteiger partial charge in [0.1, 0.15) is 0 Å². The van der Waals surface area contributed by atoms with Crippen LogP contribution in [0.5, 0.6) is 0 Å². The van der Waals surface area contributed by atoms with Gasteiger partial charge in [-0.15, -0.1) is 10.2 Å². The van der Waals surface area contributed by atoms with Gasteiger partial charge in [-0.2, -0.15) is 0 Å². The highest BCUT2D eigenvalue weighted by Crippen LogP contribution is 2.40. The van der Waals surface area contributed by atoms with E-state index in [9.17, 15) is 9.59 Å². The maximum Gasteiger partial charge on any atom is 0.239 e. The molecule has 1 N–H and O–H groups in total. The van der Waals surface area contributed by atoms with Crippen LogP contribution in [0.15, 0.2) is 29.7 Å². The van der Waals surface area contributed by atoms with Gasteiger partial charge < -0.3 is 10.2 Å². The first kappa shape index (κ1) is 19.3. The fraction of sp³-hybridized carbons (Fsp3) is 0.500. The SMILES string of the molecule is CCCNC(=O)CN(C)C(=O)CSc1nnc(-c2cccnc2)n1C1CC1. The lowest BCUT2D eigenvalue weighted by Gasteiger charge is -2.16. The number of nitrogens with one attached hydrogen (secondary N) is 1. The Morgan fingerprint density at radius 1 is 1.37 bits per heavy atom. The molecule has 3 rings (SSSR count). The minimum absolute atomic E-state index is 0.0651. The Morgan fingerprint density at radius 2 is 2.19 bits per heavy atom. The van der Waals surface area contributed by atoms with Crippen LogP contribution in [-0.4, -0.2) is 62.4 Å². The van der Waals surface area contributed by atoms with E-state index in [4.69, 9.17) is 0 Å². The standard InChI is InChI=1S/C18H24N6O2S/c1-3-8-20-15(25)11-23(2)16(26)12-27-18-22-21-17(24(18)14-6-7-14)13-5-4-9-19-10-13/h4-5,9-10,14H,3,6-8,11-12H2,1-2H3,(H,20,25). The average Bonchev–Trinajstić information content (AvgIpc) is 3.44. The molecule has 0 aliphatic heterocycles. The molecule has 0 aromatic carbocycles. The van der Waals surface area contributed by atoms with Crippen LogP contribution in [0.4, 0.5) is 0 Å². The topological polar surface area (TPSA) is 93.0 Å². The van der Waals surface area contributed by atoms with Crippen molar-refractivity contribution in [2.75, 3.05) is 25.9 Å². The molecule has 0 radical (unpaired) electrons. The van der Waals surface area contributed by atoms with Crippen LogP contribution in [0.1, 0.15) is 32.2 Å². The Balaban J connectivity index is 1.62. The van der Waals surface area contributed by atoms with Crippen LogP contribution in [0.2, 0.25) is 0 Å². The number of nitrogens with zero attached hydrogens (tertiary/aromatic N) is 5. The first-order valence-corrected chi connectivity index (χ1v) is 10.1. The maximum absolute atomic E-state index is 12.4. The van der Waals surface area contributed by atoms with Gasteiger partial charge in [0.15, 0.2) is 11.0 Å². The summed E-state index contributed by atoms with van der Waals surface area (Å²) in [4.78, 5) is 29.7. The summed E-state index contributed by atoms with van der Waals surface area (Å²) in [6.45, 7) is 2.68. The Kier molecular flexibility index (Phi) is 6.44. The zero-order valence-corrected chi connectivity index (χ0v) is 16.4. The molecule has 0 bridgehead atoms. The van der Waals surface area contributed by atoms with Gasteiger partial charge in [-0.1, -0.05) is 18.7 Å². The van der Waals surface area contributed by atoms with Gasteiger partial charge in [0.05, 0.1) is 12.3 Å². The van der Waals surface area contributed by atoms with Gasteiger partial charge in [-0.05, 0) is 31.4 Å². The highest BCUT2D eigenvalue weighted by molar-refractivity contribution is 7.99. The van der Waals surface area contributed by atoms with Crippen molar-refractivity contribution < 1.29 is 9.59 Å². The fourth-order valence-corrected chi connectivity index (χ4v) is 3.54. The second-order valence-electron chi connectivity index (χ2n) is 6.54. The Labute approximate surface area is 162 Å². The third-order valence-electron chi connectivity index (χ3n) is 4.20. The van der Waals surface area contributed by atoms with E-state index in [2.05, 4.69) is 25.1 Å². The third kappa shape index (κ3) is 5.06. The second-order valence-corrected chi connectivity index (χ2v) is 7.48. The first-order valence-electron chi connectivity index (χ1n) is 9.09. The monoisotopic (exact) mass is 388 g/mol. The minimum atomic E-state index is -0.141. The molecule has 144 valence electrons. The molecule has 1 aliphatic carbocycles. The lowest BCUT2D eigenvalue weighted by atomic mass is 10.3. The van der Waals surface area contributed by atoms with Crippen molar-refractivity contribution in [1.29, 1.82) is 0 Å². The summed E-state index contributed by atoms with van der Waals surface area (Å²) in [5.74, 6) is 0.751. The van der Waals surface area contributed by atoms with Crippen molar-refractivity contribution in [2.45, 2.75) is 37.4 Å². The molecule has 0 unspecified atom stereocenters. The number of carbonyl (C=O) groups excluding carboxylic acids is 2. The van der Waals surface area contributed by atoms with E-state index in [0.717, 1.165) is 35.8 Å². The largest absolute Gasteiger partial charge is 0.355 e. The molecule has 2 aromatic rings. The van der Waals surface area contributed by atoms with Crippen molar-refractivity contribution >= 4 is 23.6 Å². The van der Waals surface area contributed by atoms with E-state index in [0.29, 0.717) is 12.6 Å². The van der Waals surface area contributed by atoms with Gasteiger partial charge in [-0.25, -0.2) is 0 Å².